The zero-order valence-electron chi connectivity index (χ0n) is 15.1. The third kappa shape index (κ3) is 2.40. The van der Waals surface area contributed by atoms with Crippen LogP contribution in [0.2, 0.25) is 0 Å². The number of nitrogens with one attached hydrogen (secondary N) is 1. The summed E-state index contributed by atoms with van der Waals surface area (Å²) in [7, 11) is 0. The fraction of sp³-hybridized carbons (Fsp3) is 0.286. The monoisotopic (exact) mass is 394 g/mol. The van der Waals surface area contributed by atoms with Crippen LogP contribution in [0.3, 0.4) is 0 Å². The van der Waals surface area contributed by atoms with Gasteiger partial charge in [-0.05, 0) is 30.5 Å². The van der Waals surface area contributed by atoms with Gasteiger partial charge in [0.15, 0.2) is 0 Å². The number of hydrogen-bond acceptors (Lipinski definition) is 5. The molecule has 6 nitrogen and oxygen atoms in total. The lowest BCUT2D eigenvalue weighted by molar-refractivity contribution is -0.126. The minimum Gasteiger partial charge on any atom is -0.360 e. The highest BCUT2D eigenvalue weighted by Crippen LogP contribution is 2.52. The average molecular weight is 394 g/mol. The lowest BCUT2D eigenvalue weighted by Crippen LogP contribution is -2.48. The van der Waals surface area contributed by atoms with E-state index in [0.29, 0.717) is 10.6 Å². The van der Waals surface area contributed by atoms with Crippen LogP contribution >= 0.6 is 11.3 Å². The van der Waals surface area contributed by atoms with Gasteiger partial charge in [-0.1, -0.05) is 35.9 Å². The van der Waals surface area contributed by atoms with E-state index in [9.17, 15) is 14.4 Å². The molecule has 3 aliphatic rings. The summed E-state index contributed by atoms with van der Waals surface area (Å²) >= 11 is 1.35. The van der Waals surface area contributed by atoms with Gasteiger partial charge in [-0.3, -0.25) is 14.4 Å². The fourth-order valence-corrected chi connectivity index (χ4v) is 5.01. The molecule has 142 valence electrons. The summed E-state index contributed by atoms with van der Waals surface area (Å²) in [5.74, 6) is -1.88. The molecule has 2 saturated heterocycles. The standard InChI is InChI=1S/C21H18N2O4S/c1-12-4-6-13(7-5-12)23-19(25)16-14-8-9-21(27-14,17(16)20(23)26)11-22-18(24)15-3-2-10-28-15/h2-10,14,16-17H,11H2,1H3,(H,22,24)/t14-,16-,17+,21-/m1/s1. The maximum atomic E-state index is 13.2. The zero-order valence-corrected chi connectivity index (χ0v) is 15.9. The van der Waals surface area contributed by atoms with Crippen LogP contribution in [0.1, 0.15) is 15.2 Å². The number of fused-ring (bicyclic) bond motifs is 5. The summed E-state index contributed by atoms with van der Waals surface area (Å²) in [6, 6.07) is 10.9. The Kier molecular flexibility index (Phi) is 3.79. The number of anilines is 1. The third-order valence-electron chi connectivity index (χ3n) is 5.72. The van der Waals surface area contributed by atoms with Crippen molar-refractivity contribution >= 4 is 34.7 Å². The molecule has 5 rings (SSSR count). The number of carbonyl (C=O) groups is 3. The molecule has 0 unspecified atom stereocenters. The number of carbonyl (C=O) groups excluding carboxylic acids is 3. The van der Waals surface area contributed by atoms with Crippen LogP contribution in [0.5, 0.6) is 0 Å². The second-order valence-corrected chi connectivity index (χ2v) is 8.36. The number of thiophene rings is 1. The second-order valence-electron chi connectivity index (χ2n) is 7.41. The van der Waals surface area contributed by atoms with Crippen LogP contribution in [0.4, 0.5) is 5.69 Å². The Morgan fingerprint density at radius 2 is 2.00 bits per heavy atom. The van der Waals surface area contributed by atoms with Crippen molar-refractivity contribution in [2.24, 2.45) is 11.8 Å². The second kappa shape index (κ2) is 6.12. The molecule has 1 aromatic carbocycles. The Morgan fingerprint density at radius 1 is 1.21 bits per heavy atom. The lowest BCUT2D eigenvalue weighted by atomic mass is 9.77. The van der Waals surface area contributed by atoms with Gasteiger partial charge < -0.3 is 10.1 Å². The van der Waals surface area contributed by atoms with E-state index in [0.717, 1.165) is 5.56 Å². The van der Waals surface area contributed by atoms with E-state index in [1.165, 1.54) is 16.2 Å². The summed E-state index contributed by atoms with van der Waals surface area (Å²) in [6.45, 7) is 2.11. The maximum absolute atomic E-state index is 13.2. The summed E-state index contributed by atoms with van der Waals surface area (Å²) < 4.78 is 6.05. The maximum Gasteiger partial charge on any atom is 0.261 e. The Labute approximate surface area is 165 Å². The van der Waals surface area contributed by atoms with Crippen molar-refractivity contribution in [3.8, 4) is 0 Å². The molecule has 1 aromatic heterocycles. The van der Waals surface area contributed by atoms with Crippen molar-refractivity contribution < 1.29 is 19.1 Å². The van der Waals surface area contributed by atoms with Crippen molar-refractivity contribution in [1.29, 1.82) is 0 Å². The van der Waals surface area contributed by atoms with Crippen molar-refractivity contribution in [2.45, 2.75) is 18.6 Å². The van der Waals surface area contributed by atoms with Crippen LogP contribution in [0.15, 0.2) is 53.9 Å². The highest BCUT2D eigenvalue weighted by molar-refractivity contribution is 7.12. The molecule has 4 atom stereocenters. The quantitative estimate of drug-likeness (QED) is 0.638. The van der Waals surface area contributed by atoms with Crippen LogP contribution in [0.25, 0.3) is 0 Å². The van der Waals surface area contributed by atoms with Gasteiger partial charge in [-0.15, -0.1) is 11.3 Å². The zero-order chi connectivity index (χ0) is 19.5. The third-order valence-corrected chi connectivity index (χ3v) is 6.59. The summed E-state index contributed by atoms with van der Waals surface area (Å²) in [6.07, 6.45) is 3.23. The van der Waals surface area contributed by atoms with E-state index < -0.39 is 23.5 Å². The SMILES string of the molecule is Cc1ccc(N2C(=O)[C@H]3[C@@H](C2=O)[C@]2(CNC(=O)c4cccs4)C=C[C@H]3O2)cc1. The molecule has 2 bridgehead atoms. The first-order valence-corrected chi connectivity index (χ1v) is 10.0. The van der Waals surface area contributed by atoms with Crippen molar-refractivity contribution in [3.05, 3.63) is 64.4 Å². The first-order chi connectivity index (χ1) is 13.5. The molecular weight excluding hydrogens is 376 g/mol. The summed E-state index contributed by atoms with van der Waals surface area (Å²) in [4.78, 5) is 40.5. The van der Waals surface area contributed by atoms with E-state index >= 15 is 0 Å². The van der Waals surface area contributed by atoms with E-state index in [1.807, 2.05) is 42.7 Å². The number of hydrogen-bond donors (Lipinski definition) is 1. The van der Waals surface area contributed by atoms with Crippen LogP contribution < -0.4 is 10.2 Å². The van der Waals surface area contributed by atoms with Gasteiger partial charge in [0.25, 0.3) is 5.91 Å². The molecule has 0 spiro atoms. The fourth-order valence-electron chi connectivity index (χ4n) is 4.37. The molecule has 3 amide bonds. The van der Waals surface area contributed by atoms with Crippen LogP contribution in [0, 0.1) is 18.8 Å². The first-order valence-electron chi connectivity index (χ1n) is 9.13. The molecule has 3 aliphatic heterocycles. The molecule has 7 heteroatoms. The topological polar surface area (TPSA) is 75.7 Å². The molecule has 28 heavy (non-hydrogen) atoms. The van der Waals surface area contributed by atoms with E-state index in [-0.39, 0.29) is 24.3 Å². The first kappa shape index (κ1) is 17.3. The molecule has 0 aliphatic carbocycles. The van der Waals surface area contributed by atoms with Gasteiger partial charge in [0, 0.05) is 0 Å². The number of benzene rings is 1. The average Bonchev–Trinajstić information content (AvgIpc) is 3.45. The van der Waals surface area contributed by atoms with E-state index in [2.05, 4.69) is 5.32 Å². The van der Waals surface area contributed by atoms with Gasteiger partial charge >= 0.3 is 0 Å². The highest BCUT2D eigenvalue weighted by Gasteiger charge is 2.67. The predicted octanol–water partition coefficient (Wildman–Crippen LogP) is 2.30. The summed E-state index contributed by atoms with van der Waals surface area (Å²) in [5.41, 5.74) is 0.655. The number of rotatable bonds is 4. The molecular formula is C21H18N2O4S. The van der Waals surface area contributed by atoms with Crippen molar-refractivity contribution in [1.82, 2.24) is 5.32 Å². The van der Waals surface area contributed by atoms with Gasteiger partial charge in [0.05, 0.1) is 35.0 Å². The molecule has 1 N–H and O–H groups in total. The molecule has 0 saturated carbocycles. The molecule has 2 aromatic rings. The normalized spacial score (nSPS) is 30.2. The van der Waals surface area contributed by atoms with Crippen LogP contribution in [-0.2, 0) is 14.3 Å². The van der Waals surface area contributed by atoms with Crippen molar-refractivity contribution in [3.63, 3.8) is 0 Å². The highest BCUT2D eigenvalue weighted by atomic mass is 32.1. The van der Waals surface area contributed by atoms with Gasteiger partial charge in [-0.2, -0.15) is 0 Å². The van der Waals surface area contributed by atoms with Gasteiger partial charge in [0.1, 0.15) is 5.60 Å². The largest absolute Gasteiger partial charge is 0.360 e. The predicted molar refractivity (Wildman–Crippen MR) is 104 cm³/mol. The molecule has 2 fully saturated rings. The Morgan fingerprint density at radius 3 is 2.71 bits per heavy atom. The minimum absolute atomic E-state index is 0.151. The Bertz CT molecular complexity index is 998. The number of imide groups is 1. The minimum atomic E-state index is -0.978. The number of ether oxygens (including phenoxy) is 1. The van der Waals surface area contributed by atoms with E-state index in [1.54, 1.807) is 18.2 Å². The van der Waals surface area contributed by atoms with Crippen molar-refractivity contribution in [2.75, 3.05) is 11.4 Å². The number of amides is 3. The molecule has 4 heterocycles. The molecule has 0 radical (unpaired) electrons. The van der Waals surface area contributed by atoms with E-state index in [4.69, 9.17) is 4.74 Å². The Hall–Kier alpha value is -2.77. The number of nitrogens with zero attached hydrogens (tertiary/aromatic N) is 1. The van der Waals surface area contributed by atoms with Gasteiger partial charge in [0.2, 0.25) is 11.8 Å². The smallest absolute Gasteiger partial charge is 0.261 e. The van der Waals surface area contributed by atoms with Gasteiger partial charge in [-0.25, -0.2) is 4.90 Å². The Balaban J connectivity index is 1.42. The lowest BCUT2D eigenvalue weighted by Gasteiger charge is -2.29. The number of aryl methyl sites for hydroxylation is 1. The summed E-state index contributed by atoms with van der Waals surface area (Å²) in [5, 5.41) is 4.70. The van der Waals surface area contributed by atoms with Crippen LogP contribution in [-0.4, -0.2) is 36.0 Å².